The monoisotopic (exact) mass is 651 g/mol. The van der Waals surface area contributed by atoms with Gasteiger partial charge in [-0.2, -0.15) is 0 Å². The van der Waals surface area contributed by atoms with E-state index in [-0.39, 0.29) is 78.0 Å². The van der Waals surface area contributed by atoms with Crippen molar-refractivity contribution in [2.75, 3.05) is 26.3 Å². The van der Waals surface area contributed by atoms with Crippen LogP contribution in [0.4, 0.5) is 0 Å². The van der Waals surface area contributed by atoms with Crippen molar-refractivity contribution >= 4 is 20.3 Å². The van der Waals surface area contributed by atoms with Crippen LogP contribution in [0, 0.1) is 0 Å². The smallest absolute Gasteiger partial charge is 0.790 e. The molecule has 0 saturated heterocycles. The number of phosphoric acid groups is 1. The first-order chi connectivity index (χ1) is 19.9. The minimum absolute atomic E-state index is 0. The van der Waals surface area contributed by atoms with Crippen molar-refractivity contribution in [2.45, 2.75) is 161 Å². The Bertz CT molecular complexity index is 643. The third-order valence-electron chi connectivity index (χ3n) is 7.26. The first-order valence-electron chi connectivity index (χ1n) is 16.5. The summed E-state index contributed by atoms with van der Waals surface area (Å²) < 4.78 is 25.4. The van der Waals surface area contributed by atoms with E-state index in [1.165, 1.54) is 96.3 Å². The standard InChI is InChI=1S/C31H62NO8P.2Na/c1-2-3-4-5-6-12-15-18-21-24-31(34)40-30(28-39-41(35,36)37)27-32-25-22-19-16-13-10-8-7-9-11-14-17-20-23-26-38-29-33;;/h29-30,32H,2-28H2,1H3,(H2,35,36,37);;/q;2*+1/p-2/t30-;;/m0../s1. The Kier molecular flexibility index (Phi) is 42.2. The van der Waals surface area contributed by atoms with E-state index < -0.39 is 20.5 Å². The third-order valence-corrected chi connectivity index (χ3v) is 7.72. The van der Waals surface area contributed by atoms with Crippen LogP contribution in [0.25, 0.3) is 0 Å². The summed E-state index contributed by atoms with van der Waals surface area (Å²) in [6.45, 7) is 3.81. The molecule has 0 aromatic heterocycles. The Morgan fingerprint density at radius 2 is 1.16 bits per heavy atom. The number of phosphoric ester groups is 1. The average Bonchev–Trinajstić information content (AvgIpc) is 2.93. The molecule has 1 N–H and O–H groups in total. The number of ether oxygens (including phenoxy) is 2. The molecule has 12 heteroatoms. The molecule has 0 amide bonds. The molecule has 0 aliphatic rings. The SMILES string of the molecule is CCCCCCCCCCCC(=O)O[C@@H](CNCCCCCCCCCCCCCCCOC=O)COP(=O)([O-])[O-].[Na+].[Na+]. The van der Waals surface area contributed by atoms with Crippen LogP contribution < -0.4 is 74.2 Å². The minimum Gasteiger partial charge on any atom is -0.790 e. The summed E-state index contributed by atoms with van der Waals surface area (Å²) in [5.41, 5.74) is 0. The van der Waals surface area contributed by atoms with Gasteiger partial charge in [0.15, 0.2) is 0 Å². The third kappa shape index (κ3) is 41.0. The van der Waals surface area contributed by atoms with E-state index in [0.29, 0.717) is 13.1 Å². The van der Waals surface area contributed by atoms with Crippen LogP contribution in [-0.4, -0.2) is 44.8 Å². The summed E-state index contributed by atoms with van der Waals surface area (Å²) in [5, 5.41) is 3.21. The number of carbonyl (C=O) groups excluding carboxylic acids is 2. The van der Waals surface area contributed by atoms with Gasteiger partial charge in [-0.05, 0) is 25.8 Å². The van der Waals surface area contributed by atoms with E-state index in [1.54, 1.807) is 0 Å². The molecule has 0 aliphatic heterocycles. The second-order valence-corrected chi connectivity index (χ2v) is 12.4. The Balaban J connectivity index is -0.00000800. The van der Waals surface area contributed by atoms with Gasteiger partial charge in [0.2, 0.25) is 0 Å². The van der Waals surface area contributed by atoms with E-state index in [1.807, 2.05) is 0 Å². The van der Waals surface area contributed by atoms with Crippen molar-refractivity contribution in [3.05, 3.63) is 0 Å². The second kappa shape index (κ2) is 37.5. The molecule has 43 heavy (non-hydrogen) atoms. The average molecular weight is 652 g/mol. The summed E-state index contributed by atoms with van der Waals surface area (Å²) in [6.07, 6.45) is 25.3. The molecule has 0 heterocycles. The van der Waals surface area contributed by atoms with Gasteiger partial charge in [0.25, 0.3) is 6.47 Å². The minimum atomic E-state index is -5.12. The molecule has 0 rings (SSSR count). The quantitative estimate of drug-likeness (QED) is 0.0354. The van der Waals surface area contributed by atoms with Gasteiger partial charge in [0, 0.05) is 13.0 Å². The number of hydrogen-bond donors (Lipinski definition) is 1. The van der Waals surface area contributed by atoms with Gasteiger partial charge < -0.3 is 33.7 Å². The predicted molar refractivity (Wildman–Crippen MR) is 160 cm³/mol. The van der Waals surface area contributed by atoms with Crippen LogP contribution in [0.1, 0.15) is 155 Å². The van der Waals surface area contributed by atoms with E-state index in [9.17, 15) is 23.9 Å². The van der Waals surface area contributed by atoms with Gasteiger partial charge in [0.05, 0.1) is 21.0 Å². The van der Waals surface area contributed by atoms with Gasteiger partial charge in [-0.15, -0.1) is 0 Å². The van der Waals surface area contributed by atoms with Gasteiger partial charge >= 0.3 is 65.1 Å². The van der Waals surface area contributed by atoms with Crippen LogP contribution in [0.15, 0.2) is 0 Å². The molecule has 0 bridgehead atoms. The fourth-order valence-electron chi connectivity index (χ4n) is 4.82. The van der Waals surface area contributed by atoms with Gasteiger partial charge in [0.1, 0.15) is 6.10 Å². The fraction of sp³-hybridized carbons (Fsp3) is 0.935. The van der Waals surface area contributed by atoms with Crippen molar-refractivity contribution in [3.8, 4) is 0 Å². The maximum absolute atomic E-state index is 12.2. The van der Waals surface area contributed by atoms with Crippen LogP contribution in [0.2, 0.25) is 0 Å². The molecule has 9 nitrogen and oxygen atoms in total. The zero-order valence-electron chi connectivity index (χ0n) is 28.0. The van der Waals surface area contributed by atoms with E-state index in [0.717, 1.165) is 51.5 Å². The van der Waals surface area contributed by atoms with Crippen molar-refractivity contribution in [1.29, 1.82) is 0 Å². The summed E-state index contributed by atoms with van der Waals surface area (Å²) in [4.78, 5) is 44.1. The number of unbranched alkanes of at least 4 members (excludes halogenated alkanes) is 20. The molecular weight excluding hydrogens is 591 g/mol. The van der Waals surface area contributed by atoms with E-state index in [4.69, 9.17) is 4.74 Å². The molecule has 0 aromatic carbocycles. The second-order valence-electron chi connectivity index (χ2n) is 11.2. The Morgan fingerprint density at radius 1 is 0.721 bits per heavy atom. The molecule has 0 saturated carbocycles. The zero-order chi connectivity index (χ0) is 30.3. The van der Waals surface area contributed by atoms with Gasteiger partial charge in [-0.3, -0.25) is 9.59 Å². The number of rotatable bonds is 33. The van der Waals surface area contributed by atoms with E-state index >= 15 is 0 Å². The van der Waals surface area contributed by atoms with Crippen molar-refractivity contribution in [1.82, 2.24) is 5.32 Å². The molecule has 0 aliphatic carbocycles. The van der Waals surface area contributed by atoms with Gasteiger partial charge in [-0.25, -0.2) is 0 Å². The normalized spacial score (nSPS) is 11.8. The summed E-state index contributed by atoms with van der Waals surface area (Å²) in [7, 11) is -5.12. The summed E-state index contributed by atoms with van der Waals surface area (Å²) in [6, 6.07) is 0. The molecule has 244 valence electrons. The number of hydrogen-bond acceptors (Lipinski definition) is 9. The largest absolute Gasteiger partial charge is 1.00 e. The van der Waals surface area contributed by atoms with Crippen LogP contribution in [0.3, 0.4) is 0 Å². The molecule has 0 aromatic rings. The Hall–Kier alpha value is 1.01. The van der Waals surface area contributed by atoms with Crippen molar-refractivity contribution < 1.29 is 97.1 Å². The Labute approximate surface area is 307 Å². The number of esters is 1. The summed E-state index contributed by atoms with van der Waals surface area (Å²) >= 11 is 0. The number of carbonyl (C=O) groups is 2. The van der Waals surface area contributed by atoms with Gasteiger partial charge in [-0.1, -0.05) is 129 Å². The topological polar surface area (TPSA) is 137 Å². The predicted octanol–water partition coefficient (Wildman–Crippen LogP) is 0.506. The molecule has 0 fully saturated rings. The van der Waals surface area contributed by atoms with Crippen molar-refractivity contribution in [2.24, 2.45) is 0 Å². The van der Waals surface area contributed by atoms with Crippen LogP contribution >= 0.6 is 7.82 Å². The zero-order valence-corrected chi connectivity index (χ0v) is 32.9. The van der Waals surface area contributed by atoms with Crippen LogP contribution in [0.5, 0.6) is 0 Å². The maximum Gasteiger partial charge on any atom is 1.00 e. The number of nitrogens with one attached hydrogen (secondary N) is 1. The molecule has 1 atom stereocenters. The van der Waals surface area contributed by atoms with Crippen LogP contribution in [-0.2, 0) is 28.2 Å². The first kappa shape index (κ1) is 48.4. The summed E-state index contributed by atoms with van der Waals surface area (Å²) in [5.74, 6) is -0.379. The Morgan fingerprint density at radius 3 is 1.63 bits per heavy atom. The molecule has 0 radical (unpaired) electrons. The first-order valence-corrected chi connectivity index (χ1v) is 18.0. The van der Waals surface area contributed by atoms with Crippen molar-refractivity contribution in [3.63, 3.8) is 0 Å². The fourth-order valence-corrected chi connectivity index (χ4v) is 5.17. The molecule has 0 unspecified atom stereocenters. The molecule has 0 spiro atoms. The van der Waals surface area contributed by atoms with E-state index in [2.05, 4.69) is 21.5 Å². The maximum atomic E-state index is 12.2. The molecular formula is C31H60NNa2O8P.